The summed E-state index contributed by atoms with van der Waals surface area (Å²) in [6.07, 6.45) is 0. The van der Waals surface area contributed by atoms with Crippen LogP contribution in [0.2, 0.25) is 0 Å². The first-order valence-electron chi connectivity index (χ1n) is 3.61. The minimum atomic E-state index is -4.34. The molecule has 0 aliphatic rings. The Hall–Kier alpha value is -0.240. The van der Waals surface area contributed by atoms with Crippen molar-refractivity contribution in [1.82, 2.24) is 0 Å². The van der Waals surface area contributed by atoms with Crippen LogP contribution in [0.4, 0.5) is 0 Å². The van der Waals surface area contributed by atoms with Gasteiger partial charge in [-0.05, 0) is 19.1 Å². The fourth-order valence-electron chi connectivity index (χ4n) is 0.769. The summed E-state index contributed by atoms with van der Waals surface area (Å²) in [5.41, 5.74) is -1.49. The van der Waals surface area contributed by atoms with Crippen LogP contribution in [-0.4, -0.2) is 35.2 Å². The number of thiocarbonyl (C=S) groups is 1. The summed E-state index contributed by atoms with van der Waals surface area (Å²) >= 11 is 4.38. The molecule has 0 amide bonds. The third-order valence-electron chi connectivity index (χ3n) is 1.42. The van der Waals surface area contributed by atoms with Crippen LogP contribution in [-0.2, 0) is 14.9 Å². The van der Waals surface area contributed by atoms with Gasteiger partial charge in [0.15, 0.2) is 10.5 Å². The van der Waals surface area contributed by atoms with Gasteiger partial charge in [-0.25, -0.2) is 0 Å². The van der Waals surface area contributed by atoms with Gasteiger partial charge < -0.3 is 9.84 Å². The van der Waals surface area contributed by atoms with Crippen LogP contribution < -0.4 is 0 Å². The molecular weight excluding hydrogens is 216 g/mol. The Balaban J connectivity index is 4.72. The zero-order chi connectivity index (χ0) is 10.6. The van der Waals surface area contributed by atoms with Gasteiger partial charge in [-0.2, -0.15) is 8.42 Å². The van der Waals surface area contributed by atoms with E-state index >= 15 is 0 Å². The molecule has 0 bridgehead atoms. The van der Waals surface area contributed by atoms with Crippen LogP contribution in [0.5, 0.6) is 0 Å². The standard InChI is InChI=1S/C6H12O5S2/c1-3-11-6(13(8,9)10)4(2)5(7)12/h4,6H,3H2,1-2H3,(H,7,12)(H,8,9,10). The smallest absolute Gasteiger partial charge is 0.293 e. The van der Waals surface area contributed by atoms with Crippen molar-refractivity contribution in [3.05, 3.63) is 0 Å². The molecule has 13 heavy (non-hydrogen) atoms. The number of aliphatic hydroxyl groups excluding tert-OH is 1. The molecule has 2 unspecified atom stereocenters. The van der Waals surface area contributed by atoms with Gasteiger partial charge in [-0.3, -0.25) is 4.55 Å². The van der Waals surface area contributed by atoms with Crippen molar-refractivity contribution in [2.75, 3.05) is 6.61 Å². The maximum atomic E-state index is 10.7. The highest BCUT2D eigenvalue weighted by Crippen LogP contribution is 2.14. The van der Waals surface area contributed by atoms with E-state index in [0.29, 0.717) is 0 Å². The maximum absolute atomic E-state index is 10.7. The second kappa shape index (κ2) is 4.85. The van der Waals surface area contributed by atoms with Gasteiger partial charge in [0.1, 0.15) is 0 Å². The van der Waals surface area contributed by atoms with E-state index < -0.39 is 26.5 Å². The van der Waals surface area contributed by atoms with Crippen molar-refractivity contribution in [2.45, 2.75) is 19.3 Å². The van der Waals surface area contributed by atoms with Gasteiger partial charge in [-0.1, -0.05) is 6.92 Å². The van der Waals surface area contributed by atoms with Gasteiger partial charge in [0.25, 0.3) is 10.1 Å². The number of aliphatic hydroxyl groups is 1. The molecule has 0 fully saturated rings. The predicted octanol–water partition coefficient (Wildman–Crippen LogP) is 0.758. The van der Waals surface area contributed by atoms with Gasteiger partial charge in [0, 0.05) is 6.61 Å². The topological polar surface area (TPSA) is 83.8 Å². The molecule has 0 aliphatic heterocycles. The second-order valence-electron chi connectivity index (χ2n) is 2.47. The molecule has 0 heterocycles. The molecule has 0 aliphatic carbocycles. The van der Waals surface area contributed by atoms with E-state index in [4.69, 9.17) is 14.4 Å². The van der Waals surface area contributed by atoms with Crippen LogP contribution in [0.25, 0.3) is 0 Å². The molecule has 0 aromatic carbocycles. The van der Waals surface area contributed by atoms with E-state index in [9.17, 15) is 8.42 Å². The molecule has 5 nitrogen and oxygen atoms in total. The van der Waals surface area contributed by atoms with Crippen molar-refractivity contribution in [3.8, 4) is 0 Å². The Kier molecular flexibility index (Phi) is 4.76. The van der Waals surface area contributed by atoms with Crippen LogP contribution in [0.1, 0.15) is 13.8 Å². The third-order valence-corrected chi connectivity index (χ3v) is 2.93. The van der Waals surface area contributed by atoms with E-state index in [1.54, 1.807) is 6.92 Å². The van der Waals surface area contributed by atoms with Gasteiger partial charge in [0.2, 0.25) is 0 Å². The molecule has 0 rings (SSSR count). The van der Waals surface area contributed by atoms with Crippen molar-refractivity contribution >= 4 is 27.4 Å². The molecule has 7 heteroatoms. The first-order chi connectivity index (χ1) is 5.80. The van der Waals surface area contributed by atoms with Crippen molar-refractivity contribution < 1.29 is 22.8 Å². The molecule has 78 valence electrons. The lowest BCUT2D eigenvalue weighted by Gasteiger charge is -2.18. The number of ether oxygens (including phenoxy) is 1. The third kappa shape index (κ3) is 3.99. The lowest BCUT2D eigenvalue weighted by Crippen LogP contribution is -2.34. The van der Waals surface area contributed by atoms with E-state index in [1.165, 1.54) is 6.92 Å². The van der Waals surface area contributed by atoms with E-state index in [2.05, 4.69) is 12.2 Å². The Bertz CT molecular complexity index is 271. The first kappa shape index (κ1) is 12.8. The molecule has 0 radical (unpaired) electrons. The van der Waals surface area contributed by atoms with Crippen LogP contribution in [0.3, 0.4) is 0 Å². The molecule has 0 saturated heterocycles. The second-order valence-corrected chi connectivity index (χ2v) is 4.38. The summed E-state index contributed by atoms with van der Waals surface area (Å²) in [4.78, 5) is 0. The highest BCUT2D eigenvalue weighted by molar-refractivity contribution is 7.86. The monoisotopic (exact) mass is 228 g/mol. The zero-order valence-electron chi connectivity index (χ0n) is 7.30. The Morgan fingerprint density at radius 1 is 1.62 bits per heavy atom. The molecule has 2 N–H and O–H groups in total. The molecule has 0 saturated carbocycles. The lowest BCUT2D eigenvalue weighted by atomic mass is 10.2. The summed E-state index contributed by atoms with van der Waals surface area (Å²) in [5.74, 6) is -0.926. The largest absolute Gasteiger partial charge is 0.502 e. The number of hydrogen-bond donors (Lipinski definition) is 2. The average molecular weight is 228 g/mol. The minimum absolute atomic E-state index is 0.109. The van der Waals surface area contributed by atoms with E-state index in [0.717, 1.165) is 0 Å². The average Bonchev–Trinajstić information content (AvgIpc) is 1.96. The predicted molar refractivity (Wildman–Crippen MR) is 51.4 cm³/mol. The Morgan fingerprint density at radius 3 is 2.31 bits per heavy atom. The molecular formula is C6H12O5S2. The van der Waals surface area contributed by atoms with Crippen molar-refractivity contribution in [3.63, 3.8) is 0 Å². The summed E-state index contributed by atoms with van der Waals surface area (Å²) < 4.78 is 34.9. The fraction of sp³-hybridized carbons (Fsp3) is 0.833. The molecule has 0 spiro atoms. The Labute approximate surface area is 82.5 Å². The summed E-state index contributed by atoms with van der Waals surface area (Å²) in [7, 11) is -4.34. The van der Waals surface area contributed by atoms with Crippen LogP contribution in [0, 0.1) is 5.92 Å². The van der Waals surface area contributed by atoms with E-state index in [1.807, 2.05) is 0 Å². The number of rotatable bonds is 5. The van der Waals surface area contributed by atoms with Gasteiger partial charge in [0.05, 0.1) is 5.92 Å². The highest BCUT2D eigenvalue weighted by atomic mass is 32.2. The maximum Gasteiger partial charge on any atom is 0.293 e. The van der Waals surface area contributed by atoms with Crippen LogP contribution in [0.15, 0.2) is 0 Å². The quantitative estimate of drug-likeness (QED) is 0.534. The molecule has 2 atom stereocenters. The van der Waals surface area contributed by atoms with Crippen molar-refractivity contribution in [1.29, 1.82) is 0 Å². The highest BCUT2D eigenvalue weighted by Gasteiger charge is 2.32. The number of hydrogen-bond acceptors (Lipinski definition) is 4. The van der Waals surface area contributed by atoms with Gasteiger partial charge >= 0.3 is 0 Å². The zero-order valence-corrected chi connectivity index (χ0v) is 8.93. The lowest BCUT2D eigenvalue weighted by molar-refractivity contribution is 0.0890. The molecule has 0 aromatic rings. The SMILES string of the molecule is CCOC(C(C)C(O)=S)S(=O)(=O)O. The molecule has 0 aromatic heterocycles. The Morgan fingerprint density at radius 2 is 2.08 bits per heavy atom. The fourth-order valence-corrected chi connectivity index (χ4v) is 1.93. The van der Waals surface area contributed by atoms with Crippen LogP contribution >= 0.6 is 12.2 Å². The minimum Gasteiger partial charge on any atom is -0.502 e. The summed E-state index contributed by atoms with van der Waals surface area (Å²) in [5, 5.41) is 8.35. The summed E-state index contributed by atoms with van der Waals surface area (Å²) in [6, 6.07) is 0. The van der Waals surface area contributed by atoms with Gasteiger partial charge in [-0.15, -0.1) is 0 Å². The van der Waals surface area contributed by atoms with Crippen molar-refractivity contribution in [2.24, 2.45) is 5.92 Å². The first-order valence-corrected chi connectivity index (χ1v) is 5.52. The normalized spacial score (nSPS) is 16.5. The van der Waals surface area contributed by atoms with E-state index in [-0.39, 0.29) is 6.61 Å². The summed E-state index contributed by atoms with van der Waals surface area (Å²) in [6.45, 7) is 3.04.